The lowest BCUT2D eigenvalue weighted by Gasteiger charge is -2.38. The van der Waals surface area contributed by atoms with Gasteiger partial charge in [0.05, 0.1) is 32.5 Å². The summed E-state index contributed by atoms with van der Waals surface area (Å²) in [6, 6.07) is 6.28. The molecule has 1 aliphatic heterocycles. The molecule has 2 atom stereocenters. The maximum Gasteiger partial charge on any atom is 0.126 e. The van der Waals surface area contributed by atoms with Gasteiger partial charge in [-0.05, 0) is 25.5 Å². The zero-order valence-corrected chi connectivity index (χ0v) is 11.9. The van der Waals surface area contributed by atoms with Crippen molar-refractivity contribution < 1.29 is 14.6 Å². The molecule has 106 valence electrons. The minimum Gasteiger partial charge on any atom is -0.496 e. The van der Waals surface area contributed by atoms with Crippen molar-refractivity contribution in [2.24, 2.45) is 0 Å². The zero-order chi connectivity index (χ0) is 13.8. The lowest BCUT2D eigenvalue weighted by atomic mass is 10.0. The molecule has 19 heavy (non-hydrogen) atoms. The lowest BCUT2D eigenvalue weighted by molar-refractivity contribution is 0.0924. The smallest absolute Gasteiger partial charge is 0.126 e. The molecule has 1 aromatic carbocycles. The topological polar surface area (TPSA) is 41.9 Å². The van der Waals surface area contributed by atoms with Crippen molar-refractivity contribution in [3.05, 3.63) is 23.8 Å². The van der Waals surface area contributed by atoms with Gasteiger partial charge in [-0.3, -0.25) is 0 Å². The third kappa shape index (κ3) is 2.85. The second-order valence-electron chi connectivity index (χ2n) is 4.90. The molecule has 4 heteroatoms. The summed E-state index contributed by atoms with van der Waals surface area (Å²) in [7, 11) is 1.64. The van der Waals surface area contributed by atoms with Crippen LogP contribution < -0.4 is 9.64 Å². The van der Waals surface area contributed by atoms with Crippen LogP contribution in [0.1, 0.15) is 31.9 Å². The molecule has 0 aliphatic carbocycles. The van der Waals surface area contributed by atoms with Crippen LogP contribution in [-0.4, -0.2) is 38.0 Å². The van der Waals surface area contributed by atoms with Crippen LogP contribution in [0.25, 0.3) is 0 Å². The molecule has 1 aliphatic rings. The third-order valence-electron chi connectivity index (χ3n) is 3.69. The van der Waals surface area contributed by atoms with Crippen LogP contribution in [0.4, 0.5) is 5.69 Å². The summed E-state index contributed by atoms with van der Waals surface area (Å²) in [5.41, 5.74) is 1.93. The number of hydrogen-bond donors (Lipinski definition) is 1. The van der Waals surface area contributed by atoms with Crippen molar-refractivity contribution >= 4 is 5.69 Å². The third-order valence-corrected chi connectivity index (χ3v) is 3.69. The Labute approximate surface area is 114 Å². The maximum absolute atomic E-state index is 10.1. The van der Waals surface area contributed by atoms with Crippen LogP contribution in [0, 0.1) is 0 Å². The van der Waals surface area contributed by atoms with Gasteiger partial charge < -0.3 is 19.5 Å². The number of methoxy groups -OCH3 is 1. The molecule has 1 unspecified atom stereocenters. The molecule has 1 heterocycles. The predicted molar refractivity (Wildman–Crippen MR) is 75.9 cm³/mol. The monoisotopic (exact) mass is 265 g/mol. The Morgan fingerprint density at radius 3 is 2.95 bits per heavy atom. The van der Waals surface area contributed by atoms with Crippen molar-refractivity contribution in [1.29, 1.82) is 0 Å². The van der Waals surface area contributed by atoms with E-state index >= 15 is 0 Å². The summed E-state index contributed by atoms with van der Waals surface area (Å²) < 4.78 is 10.9. The Morgan fingerprint density at radius 1 is 1.53 bits per heavy atom. The standard InChI is InChI=1S/C15H23NO3/c1-4-12-10-19-9-8-16(12)13-6-5-7-14(18-3)15(13)11(2)17/h5-7,11-12,17H,4,8-10H2,1-3H3/t11-,12?/m1/s1. The molecule has 1 aromatic rings. The average molecular weight is 265 g/mol. The molecule has 1 fully saturated rings. The summed E-state index contributed by atoms with van der Waals surface area (Å²) >= 11 is 0. The van der Waals surface area contributed by atoms with Gasteiger partial charge in [0.15, 0.2) is 0 Å². The van der Waals surface area contributed by atoms with E-state index in [0.717, 1.165) is 43.2 Å². The minimum atomic E-state index is -0.550. The second-order valence-corrected chi connectivity index (χ2v) is 4.90. The van der Waals surface area contributed by atoms with Gasteiger partial charge in [0.2, 0.25) is 0 Å². The van der Waals surface area contributed by atoms with Gasteiger partial charge in [-0.2, -0.15) is 0 Å². The summed E-state index contributed by atoms with van der Waals surface area (Å²) in [5, 5.41) is 10.1. The van der Waals surface area contributed by atoms with E-state index in [1.165, 1.54) is 0 Å². The van der Waals surface area contributed by atoms with Gasteiger partial charge in [0.25, 0.3) is 0 Å². The summed E-state index contributed by atoms with van der Waals surface area (Å²) in [5.74, 6) is 0.744. The molecule has 2 rings (SSSR count). The van der Waals surface area contributed by atoms with Crippen LogP contribution in [0.5, 0.6) is 5.75 Å². The molecule has 0 radical (unpaired) electrons. The summed E-state index contributed by atoms with van der Waals surface area (Å²) in [6.45, 7) is 6.27. The van der Waals surface area contributed by atoms with Gasteiger partial charge >= 0.3 is 0 Å². The highest BCUT2D eigenvalue weighted by Crippen LogP contribution is 2.36. The number of nitrogens with zero attached hydrogens (tertiary/aromatic N) is 1. The lowest BCUT2D eigenvalue weighted by Crippen LogP contribution is -2.45. The Morgan fingerprint density at radius 2 is 2.32 bits per heavy atom. The molecule has 1 saturated heterocycles. The molecule has 0 bridgehead atoms. The highest BCUT2D eigenvalue weighted by atomic mass is 16.5. The van der Waals surface area contributed by atoms with Crippen LogP contribution in [-0.2, 0) is 4.74 Å². The number of hydrogen-bond acceptors (Lipinski definition) is 4. The van der Waals surface area contributed by atoms with E-state index < -0.39 is 6.10 Å². The van der Waals surface area contributed by atoms with Crippen LogP contribution in [0.3, 0.4) is 0 Å². The Balaban J connectivity index is 2.42. The Kier molecular flexibility index (Phi) is 4.66. The fraction of sp³-hybridized carbons (Fsp3) is 0.600. The minimum absolute atomic E-state index is 0.360. The summed E-state index contributed by atoms with van der Waals surface area (Å²) in [6.07, 6.45) is 0.475. The van der Waals surface area contributed by atoms with Crippen molar-refractivity contribution in [3.63, 3.8) is 0 Å². The number of ether oxygens (including phenoxy) is 2. The first-order chi connectivity index (χ1) is 9.19. The SMILES string of the molecule is CCC1COCCN1c1cccc(OC)c1[C@@H](C)O. The van der Waals surface area contributed by atoms with Crippen molar-refractivity contribution in [3.8, 4) is 5.75 Å². The number of aliphatic hydroxyl groups is 1. The fourth-order valence-corrected chi connectivity index (χ4v) is 2.69. The first-order valence-corrected chi connectivity index (χ1v) is 6.88. The molecular formula is C15H23NO3. The highest BCUT2D eigenvalue weighted by Gasteiger charge is 2.26. The normalized spacial score (nSPS) is 21.3. The van der Waals surface area contributed by atoms with E-state index in [2.05, 4.69) is 17.9 Å². The van der Waals surface area contributed by atoms with Crippen LogP contribution in [0.2, 0.25) is 0 Å². The Hall–Kier alpha value is -1.26. The van der Waals surface area contributed by atoms with E-state index in [-0.39, 0.29) is 0 Å². The number of morpholine rings is 1. The van der Waals surface area contributed by atoms with E-state index in [4.69, 9.17) is 9.47 Å². The summed E-state index contributed by atoms with van der Waals surface area (Å²) in [4.78, 5) is 2.33. The first kappa shape index (κ1) is 14.2. The molecule has 4 nitrogen and oxygen atoms in total. The van der Waals surface area contributed by atoms with Gasteiger partial charge in [0, 0.05) is 17.8 Å². The predicted octanol–water partition coefficient (Wildman–Crippen LogP) is 2.36. The van der Waals surface area contributed by atoms with Crippen LogP contribution in [0.15, 0.2) is 18.2 Å². The zero-order valence-electron chi connectivity index (χ0n) is 11.9. The fourth-order valence-electron chi connectivity index (χ4n) is 2.69. The van der Waals surface area contributed by atoms with Gasteiger partial charge in [0.1, 0.15) is 5.75 Å². The Bertz CT molecular complexity index is 420. The van der Waals surface area contributed by atoms with E-state index in [0.29, 0.717) is 6.04 Å². The van der Waals surface area contributed by atoms with Gasteiger partial charge in [-0.25, -0.2) is 0 Å². The van der Waals surface area contributed by atoms with Crippen molar-refractivity contribution in [1.82, 2.24) is 0 Å². The molecule has 0 saturated carbocycles. The van der Waals surface area contributed by atoms with E-state index in [9.17, 15) is 5.11 Å². The first-order valence-electron chi connectivity index (χ1n) is 6.88. The largest absolute Gasteiger partial charge is 0.496 e. The molecule has 0 aromatic heterocycles. The highest BCUT2D eigenvalue weighted by molar-refractivity contribution is 5.61. The quantitative estimate of drug-likeness (QED) is 0.907. The van der Waals surface area contributed by atoms with E-state index in [1.807, 2.05) is 12.1 Å². The van der Waals surface area contributed by atoms with Gasteiger partial charge in [-0.15, -0.1) is 0 Å². The number of rotatable bonds is 4. The molecule has 0 spiro atoms. The van der Waals surface area contributed by atoms with E-state index in [1.54, 1.807) is 14.0 Å². The van der Waals surface area contributed by atoms with Crippen molar-refractivity contribution in [2.75, 3.05) is 31.8 Å². The second kappa shape index (κ2) is 6.26. The number of anilines is 1. The van der Waals surface area contributed by atoms with Crippen molar-refractivity contribution in [2.45, 2.75) is 32.4 Å². The van der Waals surface area contributed by atoms with Crippen LogP contribution >= 0.6 is 0 Å². The average Bonchev–Trinajstić information content (AvgIpc) is 2.46. The molecular weight excluding hydrogens is 242 g/mol. The molecule has 1 N–H and O–H groups in total. The van der Waals surface area contributed by atoms with Gasteiger partial charge in [-0.1, -0.05) is 13.0 Å². The number of benzene rings is 1. The maximum atomic E-state index is 10.1. The number of aliphatic hydroxyl groups excluding tert-OH is 1. The molecule has 0 amide bonds.